The van der Waals surface area contributed by atoms with Crippen molar-refractivity contribution in [2.24, 2.45) is 15.7 Å². The second-order valence-electron chi connectivity index (χ2n) is 7.80. The van der Waals surface area contributed by atoms with Gasteiger partial charge in [-0.3, -0.25) is 0 Å². The van der Waals surface area contributed by atoms with Crippen molar-refractivity contribution >= 4 is 44.8 Å². The second-order valence-corrected chi connectivity index (χ2v) is 8.04. The van der Waals surface area contributed by atoms with Crippen LogP contribution in [0.1, 0.15) is 11.1 Å². The summed E-state index contributed by atoms with van der Waals surface area (Å²) < 4.78 is 0. The molecule has 3 nitrogen and oxygen atoms in total. The topological polar surface area (TPSA) is 50.7 Å². The van der Waals surface area contributed by atoms with Crippen LogP contribution in [0.3, 0.4) is 0 Å². The van der Waals surface area contributed by atoms with Crippen molar-refractivity contribution in [1.29, 1.82) is 0 Å². The molecule has 33 heavy (non-hydrogen) atoms. The number of hydrogen-bond acceptors (Lipinski definition) is 1. The fourth-order valence-electron chi connectivity index (χ4n) is 3.97. The van der Waals surface area contributed by atoms with Gasteiger partial charge in [-0.05, 0) is 50.9 Å². The zero-order valence-corrected chi connectivity index (χ0v) is 18.7. The Morgan fingerprint density at radius 3 is 1.91 bits per heavy atom. The summed E-state index contributed by atoms with van der Waals surface area (Å²) in [4.78, 5) is 8.94. The summed E-state index contributed by atoms with van der Waals surface area (Å²) in [5.41, 5.74) is 10.3. The smallest absolute Gasteiger partial charge is 0.158 e. The van der Waals surface area contributed by atoms with Gasteiger partial charge in [0.15, 0.2) is 5.84 Å². The molecule has 0 aliphatic carbocycles. The van der Waals surface area contributed by atoms with Crippen LogP contribution in [0.15, 0.2) is 119 Å². The van der Waals surface area contributed by atoms with Gasteiger partial charge in [0.05, 0.1) is 0 Å². The molecule has 0 fully saturated rings. The van der Waals surface area contributed by atoms with Crippen molar-refractivity contribution in [3.05, 3.63) is 120 Å². The Bertz CT molecular complexity index is 1500. The van der Waals surface area contributed by atoms with E-state index >= 15 is 0 Å². The van der Waals surface area contributed by atoms with Crippen LogP contribution in [-0.2, 0) is 0 Å². The first-order valence-electron chi connectivity index (χ1n) is 10.7. The quantitative estimate of drug-likeness (QED) is 0.137. The lowest BCUT2D eigenvalue weighted by molar-refractivity contribution is 1.32. The Labute approximate surface area is 197 Å². The number of nitrogens with zero attached hydrogens (tertiary/aromatic N) is 2. The number of amidine groups is 2. The van der Waals surface area contributed by atoms with Crippen LogP contribution in [0.5, 0.6) is 0 Å². The zero-order valence-electron chi connectivity index (χ0n) is 17.9. The van der Waals surface area contributed by atoms with Crippen molar-refractivity contribution in [2.75, 3.05) is 6.00 Å². The molecule has 0 saturated carbocycles. The van der Waals surface area contributed by atoms with E-state index in [0.717, 1.165) is 21.9 Å². The minimum absolute atomic E-state index is 0.111. The Balaban J connectivity index is 1.50. The highest BCUT2D eigenvalue weighted by molar-refractivity contribution is 6.19. The second kappa shape index (κ2) is 9.27. The van der Waals surface area contributed by atoms with Crippen molar-refractivity contribution in [1.82, 2.24) is 0 Å². The maximum absolute atomic E-state index is 6.23. The summed E-state index contributed by atoms with van der Waals surface area (Å²) in [5, 5.41) is 4.73. The van der Waals surface area contributed by atoms with Gasteiger partial charge < -0.3 is 5.73 Å². The number of alkyl halides is 1. The summed E-state index contributed by atoms with van der Waals surface area (Å²) in [5.74, 6) is 0.929. The maximum Gasteiger partial charge on any atom is 0.158 e. The van der Waals surface area contributed by atoms with Crippen LogP contribution in [0.25, 0.3) is 32.7 Å². The minimum atomic E-state index is 0.111. The molecule has 0 aliphatic heterocycles. The molecule has 0 aromatic heterocycles. The molecular formula is C29H22ClN3. The molecule has 0 radical (unpaired) electrons. The minimum Gasteiger partial charge on any atom is -0.383 e. The van der Waals surface area contributed by atoms with Crippen LogP contribution in [-0.4, -0.2) is 17.7 Å². The molecule has 0 amide bonds. The van der Waals surface area contributed by atoms with Gasteiger partial charge in [0.2, 0.25) is 0 Å². The van der Waals surface area contributed by atoms with E-state index in [-0.39, 0.29) is 6.00 Å². The molecule has 160 valence electrons. The van der Waals surface area contributed by atoms with Gasteiger partial charge in [0.25, 0.3) is 0 Å². The van der Waals surface area contributed by atoms with Crippen LogP contribution in [0.4, 0.5) is 0 Å². The lowest BCUT2D eigenvalue weighted by Gasteiger charge is -2.09. The van der Waals surface area contributed by atoms with Crippen LogP contribution < -0.4 is 5.73 Å². The molecule has 5 aromatic carbocycles. The summed E-state index contributed by atoms with van der Waals surface area (Å²) in [6.45, 7) is 0. The molecule has 5 aromatic rings. The highest BCUT2D eigenvalue weighted by atomic mass is 35.5. The number of halogens is 1. The molecular weight excluding hydrogens is 426 g/mol. The fraction of sp³-hybridized carbons (Fsp3) is 0.0345. The number of aliphatic imine (C=N–C) groups is 2. The molecule has 0 heterocycles. The van der Waals surface area contributed by atoms with Crippen LogP contribution in [0, 0.1) is 0 Å². The Morgan fingerprint density at radius 2 is 1.18 bits per heavy atom. The molecule has 5 rings (SSSR count). The molecule has 0 bridgehead atoms. The van der Waals surface area contributed by atoms with Gasteiger partial charge in [0.1, 0.15) is 11.8 Å². The third-order valence-corrected chi connectivity index (χ3v) is 5.81. The normalized spacial score (nSPS) is 12.4. The van der Waals surface area contributed by atoms with E-state index in [0.29, 0.717) is 11.7 Å². The molecule has 2 N–H and O–H groups in total. The first-order chi connectivity index (χ1) is 16.2. The van der Waals surface area contributed by atoms with E-state index in [4.69, 9.17) is 17.3 Å². The lowest BCUT2D eigenvalue weighted by Crippen LogP contribution is -2.16. The zero-order chi connectivity index (χ0) is 22.6. The highest BCUT2D eigenvalue weighted by Gasteiger charge is 2.08. The Hall–Kier alpha value is -3.95. The summed E-state index contributed by atoms with van der Waals surface area (Å²) in [6.07, 6.45) is 0. The third-order valence-electron chi connectivity index (χ3n) is 5.69. The number of nitrogens with two attached hydrogens (primary N) is 1. The summed E-state index contributed by atoms with van der Waals surface area (Å²) in [7, 11) is 0. The maximum atomic E-state index is 6.23. The van der Waals surface area contributed by atoms with Crippen LogP contribution in [0.2, 0.25) is 0 Å². The predicted octanol–water partition coefficient (Wildman–Crippen LogP) is 7.01. The lowest BCUT2D eigenvalue weighted by atomic mass is 9.98. The average molecular weight is 448 g/mol. The highest BCUT2D eigenvalue weighted by Crippen LogP contribution is 2.28. The summed E-state index contributed by atoms with van der Waals surface area (Å²) in [6, 6.07) is 37.4. The standard InChI is InChI=1S/C29H22ClN3/c30-19-32-29(33-28(31)21-7-2-1-3-8-21)27-15-14-25-17-24(12-13-26(25)18-27)23-11-10-20-6-4-5-9-22(20)16-23/h1-18H,19H2,(H2,31,32,33). The molecule has 4 heteroatoms. The van der Waals surface area contributed by atoms with E-state index in [1.54, 1.807) is 0 Å². The van der Waals surface area contributed by atoms with Gasteiger partial charge in [-0.2, -0.15) is 0 Å². The molecule has 0 saturated heterocycles. The first-order valence-corrected chi connectivity index (χ1v) is 11.3. The van der Waals surface area contributed by atoms with Gasteiger partial charge in [-0.15, -0.1) is 11.6 Å². The summed E-state index contributed by atoms with van der Waals surface area (Å²) >= 11 is 5.93. The van der Waals surface area contributed by atoms with Crippen molar-refractivity contribution in [2.45, 2.75) is 0 Å². The monoisotopic (exact) mass is 447 g/mol. The van der Waals surface area contributed by atoms with E-state index in [1.165, 1.54) is 21.9 Å². The van der Waals surface area contributed by atoms with Crippen LogP contribution >= 0.6 is 11.6 Å². The third kappa shape index (κ3) is 4.50. The van der Waals surface area contributed by atoms with E-state index in [1.807, 2.05) is 36.4 Å². The first kappa shape index (κ1) is 20.9. The van der Waals surface area contributed by atoms with Gasteiger partial charge in [-0.25, -0.2) is 9.98 Å². The SMILES string of the molecule is N/C(=N\C(=N/CCl)c1ccc2cc(-c3ccc4ccccc4c3)ccc2c1)c1ccccc1. The van der Waals surface area contributed by atoms with Crippen molar-refractivity contribution in [3.63, 3.8) is 0 Å². The number of benzene rings is 5. The number of hydrogen-bond donors (Lipinski definition) is 1. The average Bonchev–Trinajstić information content (AvgIpc) is 2.88. The van der Waals surface area contributed by atoms with Crippen molar-refractivity contribution < 1.29 is 0 Å². The Morgan fingerprint density at radius 1 is 0.606 bits per heavy atom. The van der Waals surface area contributed by atoms with Gasteiger partial charge in [-0.1, -0.05) is 91.0 Å². The van der Waals surface area contributed by atoms with Crippen molar-refractivity contribution in [3.8, 4) is 11.1 Å². The number of fused-ring (bicyclic) bond motifs is 2. The predicted molar refractivity (Wildman–Crippen MR) is 141 cm³/mol. The molecule has 0 aliphatic rings. The van der Waals surface area contributed by atoms with Gasteiger partial charge in [0, 0.05) is 11.1 Å². The van der Waals surface area contributed by atoms with Gasteiger partial charge >= 0.3 is 0 Å². The Kier molecular flexibility index (Phi) is 5.88. The fourth-order valence-corrected chi connectivity index (χ4v) is 4.08. The molecule has 0 spiro atoms. The van der Waals surface area contributed by atoms with E-state index in [9.17, 15) is 0 Å². The molecule has 0 unspecified atom stereocenters. The largest absolute Gasteiger partial charge is 0.383 e. The van der Waals surface area contributed by atoms with E-state index < -0.39 is 0 Å². The van der Waals surface area contributed by atoms with E-state index in [2.05, 4.69) is 82.8 Å². The molecule has 0 atom stereocenters. The number of rotatable bonds is 4.